The van der Waals surface area contributed by atoms with Gasteiger partial charge in [-0.15, -0.1) is 0 Å². The summed E-state index contributed by atoms with van der Waals surface area (Å²) < 4.78 is 5.11. The Morgan fingerprint density at radius 3 is 2.53 bits per heavy atom. The van der Waals surface area contributed by atoms with Crippen LogP contribution in [0.15, 0.2) is 24.3 Å². The Kier molecular flexibility index (Phi) is 4.10. The molecule has 104 valence electrons. The van der Waals surface area contributed by atoms with Crippen LogP contribution in [0.4, 0.5) is 0 Å². The van der Waals surface area contributed by atoms with Crippen molar-refractivity contribution >= 4 is 5.91 Å². The standard InChI is InChI=1S/C15H22N2O2/c1-11(12-4-6-13(19-2)7-5-12)17-14(18)10-15(16)8-3-9-15/h4-7,11H,3,8-10,16H2,1-2H3,(H,17,18)/t11-/m1/s1. The molecular weight excluding hydrogens is 240 g/mol. The lowest BCUT2D eigenvalue weighted by molar-refractivity contribution is -0.123. The Hall–Kier alpha value is -1.55. The van der Waals surface area contributed by atoms with Crippen LogP contribution >= 0.6 is 0 Å². The molecule has 1 saturated carbocycles. The van der Waals surface area contributed by atoms with Crippen molar-refractivity contribution in [2.45, 2.75) is 44.2 Å². The van der Waals surface area contributed by atoms with Gasteiger partial charge in [-0.3, -0.25) is 4.79 Å². The fraction of sp³-hybridized carbons (Fsp3) is 0.533. The smallest absolute Gasteiger partial charge is 0.222 e. The van der Waals surface area contributed by atoms with Crippen LogP contribution in [0, 0.1) is 0 Å². The first-order valence-electron chi connectivity index (χ1n) is 6.75. The van der Waals surface area contributed by atoms with Gasteiger partial charge in [-0.25, -0.2) is 0 Å². The highest BCUT2D eigenvalue weighted by Gasteiger charge is 2.34. The molecule has 0 radical (unpaired) electrons. The van der Waals surface area contributed by atoms with Crippen molar-refractivity contribution < 1.29 is 9.53 Å². The number of hydrogen-bond donors (Lipinski definition) is 2. The van der Waals surface area contributed by atoms with Gasteiger partial charge >= 0.3 is 0 Å². The zero-order chi connectivity index (χ0) is 13.9. The number of nitrogens with two attached hydrogens (primary N) is 1. The molecular formula is C15H22N2O2. The summed E-state index contributed by atoms with van der Waals surface area (Å²) in [6.45, 7) is 1.98. The highest BCUT2D eigenvalue weighted by Crippen LogP contribution is 2.32. The molecule has 0 aromatic heterocycles. The van der Waals surface area contributed by atoms with Crippen molar-refractivity contribution in [1.29, 1.82) is 0 Å². The van der Waals surface area contributed by atoms with Crippen molar-refractivity contribution in [2.75, 3.05) is 7.11 Å². The van der Waals surface area contributed by atoms with E-state index >= 15 is 0 Å². The average Bonchev–Trinajstić information content (AvgIpc) is 2.36. The van der Waals surface area contributed by atoms with Crippen LogP contribution < -0.4 is 15.8 Å². The molecule has 3 N–H and O–H groups in total. The van der Waals surface area contributed by atoms with Crippen LogP contribution in [0.3, 0.4) is 0 Å². The molecule has 1 aromatic carbocycles. The van der Waals surface area contributed by atoms with Gasteiger partial charge in [0.25, 0.3) is 0 Å². The monoisotopic (exact) mass is 262 g/mol. The van der Waals surface area contributed by atoms with E-state index in [4.69, 9.17) is 10.5 Å². The maximum Gasteiger partial charge on any atom is 0.222 e. The molecule has 1 atom stereocenters. The third-order valence-corrected chi connectivity index (χ3v) is 3.86. The van der Waals surface area contributed by atoms with Crippen molar-refractivity contribution in [1.82, 2.24) is 5.32 Å². The molecule has 4 heteroatoms. The number of benzene rings is 1. The summed E-state index contributed by atoms with van der Waals surface area (Å²) in [6.07, 6.45) is 3.47. The number of rotatable bonds is 5. The summed E-state index contributed by atoms with van der Waals surface area (Å²) in [5.74, 6) is 0.850. The molecule has 0 spiro atoms. The molecule has 1 aliphatic carbocycles. The van der Waals surface area contributed by atoms with E-state index in [2.05, 4.69) is 5.32 Å². The van der Waals surface area contributed by atoms with Crippen LogP contribution in [0.5, 0.6) is 5.75 Å². The Balaban J connectivity index is 1.88. The number of methoxy groups -OCH3 is 1. The van der Waals surface area contributed by atoms with E-state index in [9.17, 15) is 4.79 Å². The number of carbonyl (C=O) groups is 1. The minimum atomic E-state index is -0.260. The van der Waals surface area contributed by atoms with E-state index in [1.54, 1.807) is 7.11 Å². The van der Waals surface area contributed by atoms with Crippen molar-refractivity contribution in [2.24, 2.45) is 5.73 Å². The maximum absolute atomic E-state index is 11.9. The van der Waals surface area contributed by atoms with Gasteiger partial charge in [0.15, 0.2) is 0 Å². The summed E-state index contributed by atoms with van der Waals surface area (Å²) in [4.78, 5) is 11.9. The average molecular weight is 262 g/mol. The number of ether oxygens (including phenoxy) is 1. The zero-order valence-corrected chi connectivity index (χ0v) is 11.6. The fourth-order valence-electron chi connectivity index (χ4n) is 2.40. The first-order valence-corrected chi connectivity index (χ1v) is 6.75. The molecule has 4 nitrogen and oxygen atoms in total. The summed E-state index contributed by atoms with van der Waals surface area (Å²) >= 11 is 0. The van der Waals surface area contributed by atoms with Gasteiger partial charge in [0.1, 0.15) is 5.75 Å². The normalized spacial score (nSPS) is 18.3. The Bertz CT molecular complexity index is 438. The predicted molar refractivity (Wildman–Crippen MR) is 74.9 cm³/mol. The molecule has 1 aromatic rings. The third kappa shape index (κ3) is 3.47. The second kappa shape index (κ2) is 5.61. The quantitative estimate of drug-likeness (QED) is 0.854. The van der Waals surface area contributed by atoms with Crippen LogP contribution in [0.25, 0.3) is 0 Å². The van der Waals surface area contributed by atoms with Gasteiger partial charge in [0.05, 0.1) is 13.2 Å². The molecule has 1 fully saturated rings. The number of carbonyl (C=O) groups excluding carboxylic acids is 1. The molecule has 0 unspecified atom stereocenters. The topological polar surface area (TPSA) is 64.3 Å². The van der Waals surface area contributed by atoms with Gasteiger partial charge in [-0.1, -0.05) is 12.1 Å². The summed E-state index contributed by atoms with van der Waals surface area (Å²) in [5.41, 5.74) is 6.88. The number of hydrogen-bond acceptors (Lipinski definition) is 3. The molecule has 1 amide bonds. The van der Waals surface area contributed by atoms with Crippen LogP contribution in [-0.4, -0.2) is 18.6 Å². The van der Waals surface area contributed by atoms with Crippen LogP contribution in [-0.2, 0) is 4.79 Å². The maximum atomic E-state index is 11.9. The van der Waals surface area contributed by atoms with Crippen molar-refractivity contribution in [3.05, 3.63) is 29.8 Å². The first-order chi connectivity index (χ1) is 9.02. The number of nitrogens with one attached hydrogen (secondary N) is 1. The van der Waals surface area contributed by atoms with E-state index in [-0.39, 0.29) is 17.5 Å². The SMILES string of the molecule is COc1ccc([C@@H](C)NC(=O)CC2(N)CCC2)cc1. The highest BCUT2D eigenvalue weighted by atomic mass is 16.5. The van der Waals surface area contributed by atoms with Gasteiger partial charge in [-0.05, 0) is 43.9 Å². The van der Waals surface area contributed by atoms with E-state index in [0.717, 1.165) is 30.6 Å². The van der Waals surface area contributed by atoms with E-state index in [1.807, 2.05) is 31.2 Å². The van der Waals surface area contributed by atoms with Gasteiger partial charge in [0.2, 0.25) is 5.91 Å². The third-order valence-electron chi connectivity index (χ3n) is 3.86. The van der Waals surface area contributed by atoms with Gasteiger partial charge < -0.3 is 15.8 Å². The lowest BCUT2D eigenvalue weighted by Gasteiger charge is -2.37. The van der Waals surface area contributed by atoms with E-state index in [0.29, 0.717) is 6.42 Å². The Morgan fingerprint density at radius 2 is 2.05 bits per heavy atom. The van der Waals surface area contributed by atoms with Crippen LogP contribution in [0.1, 0.15) is 44.2 Å². The summed E-state index contributed by atoms with van der Waals surface area (Å²) in [6, 6.07) is 7.71. The fourth-order valence-corrected chi connectivity index (χ4v) is 2.40. The second-order valence-electron chi connectivity index (χ2n) is 5.46. The molecule has 0 heterocycles. The molecule has 0 aliphatic heterocycles. The second-order valence-corrected chi connectivity index (χ2v) is 5.46. The Morgan fingerprint density at radius 1 is 1.42 bits per heavy atom. The van der Waals surface area contributed by atoms with Crippen molar-refractivity contribution in [3.8, 4) is 5.75 Å². The summed E-state index contributed by atoms with van der Waals surface area (Å²) in [7, 11) is 1.64. The zero-order valence-electron chi connectivity index (χ0n) is 11.6. The minimum absolute atomic E-state index is 0.0120. The number of amides is 1. The lowest BCUT2D eigenvalue weighted by atomic mass is 9.75. The molecule has 0 saturated heterocycles. The minimum Gasteiger partial charge on any atom is -0.497 e. The predicted octanol–water partition coefficient (Wildman–Crippen LogP) is 2.14. The van der Waals surface area contributed by atoms with Crippen molar-refractivity contribution in [3.63, 3.8) is 0 Å². The van der Waals surface area contributed by atoms with E-state index in [1.165, 1.54) is 0 Å². The largest absolute Gasteiger partial charge is 0.497 e. The Labute approximate surface area is 114 Å². The summed E-state index contributed by atoms with van der Waals surface area (Å²) in [5, 5.41) is 3.00. The molecule has 0 bridgehead atoms. The lowest BCUT2D eigenvalue weighted by Crippen LogP contribution is -2.50. The molecule has 2 rings (SSSR count). The van der Waals surface area contributed by atoms with E-state index < -0.39 is 0 Å². The van der Waals surface area contributed by atoms with Gasteiger partial charge in [0, 0.05) is 12.0 Å². The first kappa shape index (κ1) is 13.9. The highest BCUT2D eigenvalue weighted by molar-refractivity contribution is 5.77. The van der Waals surface area contributed by atoms with Crippen LogP contribution in [0.2, 0.25) is 0 Å². The molecule has 1 aliphatic rings. The van der Waals surface area contributed by atoms with Gasteiger partial charge in [-0.2, -0.15) is 0 Å². The molecule has 19 heavy (non-hydrogen) atoms.